The first kappa shape index (κ1) is 23.0. The highest BCUT2D eigenvalue weighted by Crippen LogP contribution is 2.33. The fraction of sp³-hybridized carbons (Fsp3) is 0.200. The van der Waals surface area contributed by atoms with Gasteiger partial charge in [-0.2, -0.15) is 5.26 Å². The average molecular weight is 450 g/mol. The van der Waals surface area contributed by atoms with E-state index in [2.05, 4.69) is 0 Å². The topological polar surface area (TPSA) is 104 Å². The molecule has 3 rings (SSSR count). The Balaban J connectivity index is 1.88. The van der Waals surface area contributed by atoms with E-state index in [0.717, 1.165) is 6.42 Å². The zero-order chi connectivity index (χ0) is 23.3. The van der Waals surface area contributed by atoms with Gasteiger partial charge in [0.1, 0.15) is 18.1 Å². The summed E-state index contributed by atoms with van der Waals surface area (Å²) in [5, 5.41) is 19.5. The van der Waals surface area contributed by atoms with Crippen molar-refractivity contribution >= 4 is 15.6 Å². The number of ketones is 1. The number of sulfone groups is 1. The van der Waals surface area contributed by atoms with Crippen LogP contribution in [-0.2, 0) is 22.9 Å². The Hall–Kier alpha value is -3.63. The van der Waals surface area contributed by atoms with Gasteiger partial charge in [-0.15, -0.1) is 0 Å². The van der Waals surface area contributed by atoms with Crippen molar-refractivity contribution in [3.05, 3.63) is 82.9 Å². The van der Waals surface area contributed by atoms with Crippen molar-refractivity contribution in [1.82, 2.24) is 0 Å². The standard InChI is InChI=1S/C25H23NO5S/c1-3-6-23-24(12-11-22(17(2)27)25(23)28)31-16-19-8-5-10-21(14-19)32(29,30)20-9-4-7-18(13-20)15-26/h4-5,7-14,28H,3,6,16H2,1-2H3. The van der Waals surface area contributed by atoms with Crippen LogP contribution in [0.4, 0.5) is 0 Å². The number of carbonyl (C=O) groups is 1. The Kier molecular flexibility index (Phi) is 6.96. The van der Waals surface area contributed by atoms with Gasteiger partial charge in [-0.1, -0.05) is 31.5 Å². The SMILES string of the molecule is CCCc1c(OCc2cccc(S(=O)(=O)c3cccc(C#N)c3)c2)ccc(C(C)=O)c1O. The lowest BCUT2D eigenvalue weighted by Gasteiger charge is -2.15. The molecular formula is C25H23NO5S. The molecule has 0 radical (unpaired) electrons. The summed E-state index contributed by atoms with van der Waals surface area (Å²) in [5.74, 6) is 0.139. The van der Waals surface area contributed by atoms with Gasteiger partial charge in [0.2, 0.25) is 9.84 Å². The van der Waals surface area contributed by atoms with Crippen LogP contribution in [0.2, 0.25) is 0 Å². The third-order valence-electron chi connectivity index (χ3n) is 5.00. The molecule has 3 aromatic carbocycles. The Morgan fingerprint density at radius 3 is 2.41 bits per heavy atom. The molecule has 0 aliphatic rings. The molecule has 0 bridgehead atoms. The van der Waals surface area contributed by atoms with E-state index in [1.807, 2.05) is 13.0 Å². The number of benzene rings is 3. The number of carbonyl (C=O) groups excluding carboxylic acids is 1. The maximum Gasteiger partial charge on any atom is 0.206 e. The molecule has 0 aliphatic carbocycles. The van der Waals surface area contributed by atoms with E-state index in [1.165, 1.54) is 43.3 Å². The first-order valence-corrected chi connectivity index (χ1v) is 11.6. The average Bonchev–Trinajstić information content (AvgIpc) is 2.79. The molecule has 0 aliphatic heterocycles. The number of nitriles is 1. The predicted molar refractivity (Wildman–Crippen MR) is 119 cm³/mol. The zero-order valence-electron chi connectivity index (χ0n) is 17.8. The lowest BCUT2D eigenvalue weighted by Crippen LogP contribution is -2.05. The second-order valence-corrected chi connectivity index (χ2v) is 9.27. The highest BCUT2D eigenvalue weighted by Gasteiger charge is 2.19. The Bertz CT molecular complexity index is 1310. The van der Waals surface area contributed by atoms with E-state index < -0.39 is 9.84 Å². The lowest BCUT2D eigenvalue weighted by molar-refractivity contribution is 0.101. The van der Waals surface area contributed by atoms with Crippen LogP contribution in [0.15, 0.2) is 70.5 Å². The minimum absolute atomic E-state index is 0.0459. The summed E-state index contributed by atoms with van der Waals surface area (Å²) in [6.45, 7) is 3.43. The van der Waals surface area contributed by atoms with Gasteiger partial charge in [-0.05, 0) is 61.4 Å². The zero-order valence-corrected chi connectivity index (χ0v) is 18.6. The van der Waals surface area contributed by atoms with Crippen molar-refractivity contribution in [1.29, 1.82) is 5.26 Å². The van der Waals surface area contributed by atoms with Crippen molar-refractivity contribution in [2.24, 2.45) is 0 Å². The van der Waals surface area contributed by atoms with E-state index >= 15 is 0 Å². The summed E-state index contributed by atoms with van der Waals surface area (Å²) in [6.07, 6.45) is 1.28. The maximum atomic E-state index is 13.0. The molecule has 7 heteroatoms. The summed E-state index contributed by atoms with van der Waals surface area (Å²) in [6, 6.07) is 17.4. The van der Waals surface area contributed by atoms with E-state index in [1.54, 1.807) is 24.3 Å². The first-order chi connectivity index (χ1) is 15.3. The summed E-state index contributed by atoms with van der Waals surface area (Å²) in [7, 11) is -3.80. The van der Waals surface area contributed by atoms with Crippen LogP contribution in [0, 0.1) is 11.3 Å². The number of Topliss-reactive ketones (excluding diaryl/α,β-unsaturated/α-hetero) is 1. The van der Waals surface area contributed by atoms with Gasteiger partial charge in [0.05, 0.1) is 27.0 Å². The number of phenols is 1. The van der Waals surface area contributed by atoms with E-state index in [-0.39, 0.29) is 39.1 Å². The van der Waals surface area contributed by atoms with Gasteiger partial charge < -0.3 is 9.84 Å². The molecule has 0 saturated heterocycles. The number of hydrogen-bond acceptors (Lipinski definition) is 6. The van der Waals surface area contributed by atoms with Crippen LogP contribution in [0.25, 0.3) is 0 Å². The highest BCUT2D eigenvalue weighted by molar-refractivity contribution is 7.91. The largest absolute Gasteiger partial charge is 0.507 e. The van der Waals surface area contributed by atoms with Gasteiger partial charge in [0.15, 0.2) is 5.78 Å². The molecule has 3 aromatic rings. The van der Waals surface area contributed by atoms with Gasteiger partial charge in [0.25, 0.3) is 0 Å². The van der Waals surface area contributed by atoms with E-state index in [0.29, 0.717) is 23.3 Å². The van der Waals surface area contributed by atoms with Gasteiger partial charge in [-0.3, -0.25) is 4.79 Å². The van der Waals surface area contributed by atoms with Gasteiger partial charge >= 0.3 is 0 Å². The molecular weight excluding hydrogens is 426 g/mol. The molecule has 0 unspecified atom stereocenters. The summed E-state index contributed by atoms with van der Waals surface area (Å²) < 4.78 is 31.9. The molecule has 6 nitrogen and oxygen atoms in total. The van der Waals surface area contributed by atoms with Crippen molar-refractivity contribution in [3.63, 3.8) is 0 Å². The second-order valence-electron chi connectivity index (χ2n) is 7.32. The van der Waals surface area contributed by atoms with Crippen molar-refractivity contribution < 1.29 is 23.1 Å². The third-order valence-corrected chi connectivity index (χ3v) is 6.74. The number of aromatic hydroxyl groups is 1. The fourth-order valence-corrected chi connectivity index (χ4v) is 4.74. The van der Waals surface area contributed by atoms with Crippen LogP contribution < -0.4 is 4.74 Å². The van der Waals surface area contributed by atoms with Crippen LogP contribution in [0.1, 0.15) is 47.3 Å². The molecule has 0 spiro atoms. The molecule has 0 aromatic heterocycles. The molecule has 0 saturated carbocycles. The molecule has 0 atom stereocenters. The van der Waals surface area contributed by atoms with E-state index in [4.69, 9.17) is 10.00 Å². The number of ether oxygens (including phenoxy) is 1. The minimum Gasteiger partial charge on any atom is -0.507 e. The highest BCUT2D eigenvalue weighted by atomic mass is 32.2. The second kappa shape index (κ2) is 9.67. The summed E-state index contributed by atoms with van der Waals surface area (Å²) in [4.78, 5) is 11.9. The molecule has 32 heavy (non-hydrogen) atoms. The van der Waals surface area contributed by atoms with Crippen molar-refractivity contribution in [2.75, 3.05) is 0 Å². The van der Waals surface area contributed by atoms with Crippen LogP contribution >= 0.6 is 0 Å². The first-order valence-electron chi connectivity index (χ1n) is 10.1. The van der Waals surface area contributed by atoms with Gasteiger partial charge in [0, 0.05) is 5.56 Å². The maximum absolute atomic E-state index is 13.0. The smallest absolute Gasteiger partial charge is 0.206 e. The number of phenolic OH excluding ortho intramolecular Hbond substituents is 1. The van der Waals surface area contributed by atoms with Crippen LogP contribution in [0.5, 0.6) is 11.5 Å². The number of rotatable bonds is 8. The summed E-state index contributed by atoms with van der Waals surface area (Å²) in [5.41, 5.74) is 1.69. The van der Waals surface area contributed by atoms with Crippen LogP contribution in [-0.4, -0.2) is 19.3 Å². The fourth-order valence-electron chi connectivity index (χ4n) is 3.36. The van der Waals surface area contributed by atoms with Crippen molar-refractivity contribution in [3.8, 4) is 17.6 Å². The predicted octanol–water partition coefficient (Wildman–Crippen LogP) is 4.83. The molecule has 1 N–H and O–H groups in total. The number of hydrogen-bond donors (Lipinski definition) is 1. The normalized spacial score (nSPS) is 11.0. The Morgan fingerprint density at radius 1 is 1.06 bits per heavy atom. The third kappa shape index (κ3) is 4.82. The van der Waals surface area contributed by atoms with Gasteiger partial charge in [-0.25, -0.2) is 8.42 Å². The lowest BCUT2D eigenvalue weighted by atomic mass is 10.0. The quantitative estimate of drug-likeness (QED) is 0.494. The monoisotopic (exact) mass is 449 g/mol. The Morgan fingerprint density at radius 2 is 1.75 bits per heavy atom. The number of nitrogens with zero attached hydrogens (tertiary/aromatic N) is 1. The molecule has 0 amide bonds. The molecule has 0 heterocycles. The van der Waals surface area contributed by atoms with Crippen molar-refractivity contribution in [2.45, 2.75) is 43.1 Å². The minimum atomic E-state index is -3.80. The van der Waals surface area contributed by atoms with E-state index in [9.17, 15) is 18.3 Å². The Labute approximate surface area is 187 Å². The molecule has 0 fully saturated rings. The molecule has 164 valence electrons. The van der Waals surface area contributed by atoms with Crippen LogP contribution in [0.3, 0.4) is 0 Å². The summed E-state index contributed by atoms with van der Waals surface area (Å²) >= 11 is 0.